The van der Waals surface area contributed by atoms with Gasteiger partial charge in [-0.25, -0.2) is 18.9 Å². The van der Waals surface area contributed by atoms with Crippen molar-refractivity contribution >= 4 is 21.6 Å². The summed E-state index contributed by atoms with van der Waals surface area (Å²) in [7, 11) is -4.06. The topological polar surface area (TPSA) is 131 Å². The van der Waals surface area contributed by atoms with Crippen molar-refractivity contribution in [3.63, 3.8) is 0 Å². The highest BCUT2D eigenvalue weighted by molar-refractivity contribution is 7.93. The third kappa shape index (κ3) is 5.08. The van der Waals surface area contributed by atoms with E-state index in [0.717, 1.165) is 13.0 Å². The highest BCUT2D eigenvalue weighted by atomic mass is 32.2. The van der Waals surface area contributed by atoms with Crippen LogP contribution in [0.25, 0.3) is 11.3 Å². The summed E-state index contributed by atoms with van der Waals surface area (Å²) < 4.78 is 30.1. The average molecular weight is 463 g/mol. The van der Waals surface area contributed by atoms with Crippen molar-refractivity contribution in [3.8, 4) is 11.3 Å². The number of nitrogens with one attached hydrogen (secondary N) is 2. The molecule has 0 spiro atoms. The molecule has 2 aromatic rings. The highest BCUT2D eigenvalue weighted by Gasteiger charge is 2.52. The van der Waals surface area contributed by atoms with Crippen LogP contribution >= 0.6 is 0 Å². The van der Waals surface area contributed by atoms with E-state index in [9.17, 15) is 13.2 Å². The Labute approximate surface area is 188 Å². The van der Waals surface area contributed by atoms with Gasteiger partial charge in [-0.15, -0.1) is 0 Å². The van der Waals surface area contributed by atoms with Gasteiger partial charge in [-0.1, -0.05) is 32.9 Å². The summed E-state index contributed by atoms with van der Waals surface area (Å²) in [6, 6.07) is 6.16. The number of sulfone groups is 1. The van der Waals surface area contributed by atoms with Crippen LogP contribution in [0.15, 0.2) is 41.6 Å². The van der Waals surface area contributed by atoms with Crippen LogP contribution < -0.4 is 10.8 Å². The zero-order valence-corrected chi connectivity index (χ0v) is 19.4. The number of aromatic nitrogens is 2. The van der Waals surface area contributed by atoms with Gasteiger partial charge in [0.25, 0.3) is 5.91 Å². The molecular formula is C22H30N4O5S. The summed E-state index contributed by atoms with van der Waals surface area (Å²) in [4.78, 5) is 21.1. The number of amides is 1. The number of carbonyl (C=O) groups excluding carboxylic acids is 1. The molecule has 0 unspecified atom stereocenters. The van der Waals surface area contributed by atoms with Crippen molar-refractivity contribution in [2.45, 2.75) is 49.7 Å². The Kier molecular flexibility index (Phi) is 7.16. The summed E-state index contributed by atoms with van der Waals surface area (Å²) in [5.74, 6) is -0.265. The highest BCUT2D eigenvalue weighted by Crippen LogP contribution is 2.35. The monoisotopic (exact) mass is 462 g/mol. The number of rotatable bonds is 7. The van der Waals surface area contributed by atoms with E-state index in [-0.39, 0.29) is 36.4 Å². The minimum atomic E-state index is -4.06. The van der Waals surface area contributed by atoms with Crippen LogP contribution in [0.2, 0.25) is 0 Å². The molecule has 0 bridgehead atoms. The summed E-state index contributed by atoms with van der Waals surface area (Å²) in [6.07, 6.45) is 4.21. The predicted octanol–water partition coefficient (Wildman–Crippen LogP) is 2.82. The van der Waals surface area contributed by atoms with Gasteiger partial charge >= 0.3 is 0 Å². The fraction of sp³-hybridized carbons (Fsp3) is 0.500. The molecular weight excluding hydrogens is 432 g/mol. The number of hydroxylamine groups is 1. The summed E-state index contributed by atoms with van der Waals surface area (Å²) >= 11 is 0. The van der Waals surface area contributed by atoms with Crippen molar-refractivity contribution in [2.24, 2.45) is 5.41 Å². The maximum absolute atomic E-state index is 13.3. The Bertz CT molecular complexity index is 1030. The Morgan fingerprint density at radius 1 is 1.12 bits per heavy atom. The molecule has 1 saturated heterocycles. The Morgan fingerprint density at radius 3 is 2.31 bits per heavy atom. The van der Waals surface area contributed by atoms with E-state index < -0.39 is 20.5 Å². The molecule has 0 saturated carbocycles. The fourth-order valence-electron chi connectivity index (χ4n) is 3.59. The Hall–Kier alpha value is -2.56. The lowest BCUT2D eigenvalue weighted by molar-refractivity contribution is -0.134. The number of hydrogen-bond acceptors (Lipinski definition) is 8. The second-order valence-corrected chi connectivity index (χ2v) is 11.4. The van der Waals surface area contributed by atoms with Crippen molar-refractivity contribution in [3.05, 3.63) is 36.7 Å². The number of carbonyl (C=O) groups is 1. The van der Waals surface area contributed by atoms with E-state index in [1.165, 1.54) is 17.6 Å². The first-order valence-electron chi connectivity index (χ1n) is 10.5. The number of ether oxygens (including phenoxy) is 1. The molecule has 1 aromatic carbocycles. The van der Waals surface area contributed by atoms with Crippen molar-refractivity contribution in [1.29, 1.82) is 0 Å². The van der Waals surface area contributed by atoms with E-state index in [4.69, 9.17) is 9.94 Å². The molecule has 10 heteroatoms. The summed E-state index contributed by atoms with van der Waals surface area (Å²) in [5, 5.41) is 12.4. The van der Waals surface area contributed by atoms with Gasteiger partial charge in [0.2, 0.25) is 0 Å². The average Bonchev–Trinajstić information content (AvgIpc) is 2.78. The van der Waals surface area contributed by atoms with Gasteiger partial charge in [0.1, 0.15) is 5.82 Å². The van der Waals surface area contributed by atoms with Crippen LogP contribution in [0.3, 0.4) is 0 Å². The molecule has 0 atom stereocenters. The van der Waals surface area contributed by atoms with Crippen molar-refractivity contribution < 1.29 is 23.2 Å². The van der Waals surface area contributed by atoms with Gasteiger partial charge < -0.3 is 10.1 Å². The normalized spacial score (nSPS) is 16.4. The van der Waals surface area contributed by atoms with E-state index in [1.807, 2.05) is 0 Å². The van der Waals surface area contributed by atoms with Gasteiger partial charge in [0.15, 0.2) is 14.6 Å². The minimum absolute atomic E-state index is 0.000163. The van der Waals surface area contributed by atoms with Gasteiger partial charge in [-0.2, -0.15) is 0 Å². The molecule has 1 aromatic heterocycles. The standard InChI is InChI=1S/C22H30N4O5S/c1-21(2,3)8-11-23-19-15-24-18(14-25-19)16-4-6-17(7-5-16)32(29,30)22(20(27)26-28)9-12-31-13-10-22/h4-7,14-15,28H,8-13H2,1-3H3,(H,23,25)(H,26,27). The Balaban J connectivity index is 1.77. The molecule has 1 aliphatic rings. The van der Waals surface area contributed by atoms with Crippen molar-refractivity contribution in [1.82, 2.24) is 15.4 Å². The first-order chi connectivity index (χ1) is 15.1. The lowest BCUT2D eigenvalue weighted by atomic mass is 9.92. The Morgan fingerprint density at radius 2 is 1.78 bits per heavy atom. The first kappa shape index (κ1) is 24.1. The van der Waals surface area contributed by atoms with E-state index in [1.54, 1.807) is 24.5 Å². The molecule has 1 amide bonds. The largest absolute Gasteiger partial charge is 0.381 e. The number of anilines is 1. The van der Waals surface area contributed by atoms with Crippen LogP contribution in [0, 0.1) is 5.41 Å². The second-order valence-electron chi connectivity index (χ2n) is 9.10. The molecule has 2 heterocycles. The summed E-state index contributed by atoms with van der Waals surface area (Å²) in [5.41, 5.74) is 3.04. The molecule has 32 heavy (non-hydrogen) atoms. The van der Waals surface area contributed by atoms with Gasteiger partial charge in [-0.05, 0) is 36.8 Å². The maximum atomic E-state index is 13.3. The van der Waals surface area contributed by atoms with Gasteiger partial charge in [-0.3, -0.25) is 15.0 Å². The zero-order valence-electron chi connectivity index (χ0n) is 18.6. The summed E-state index contributed by atoms with van der Waals surface area (Å²) in [6.45, 7) is 7.56. The molecule has 1 fully saturated rings. The fourth-order valence-corrected chi connectivity index (χ4v) is 5.52. The smallest absolute Gasteiger partial charge is 0.265 e. The lowest BCUT2D eigenvalue weighted by Gasteiger charge is -2.34. The number of benzene rings is 1. The molecule has 9 nitrogen and oxygen atoms in total. The van der Waals surface area contributed by atoms with Crippen molar-refractivity contribution in [2.75, 3.05) is 25.1 Å². The van der Waals surface area contributed by atoms with Gasteiger partial charge in [0, 0.05) is 25.3 Å². The zero-order chi connectivity index (χ0) is 23.4. The molecule has 174 valence electrons. The quantitative estimate of drug-likeness (QED) is 0.423. The molecule has 0 radical (unpaired) electrons. The molecule has 0 aliphatic carbocycles. The number of hydrogen-bond donors (Lipinski definition) is 3. The third-order valence-electron chi connectivity index (χ3n) is 5.62. The molecule has 3 N–H and O–H groups in total. The minimum Gasteiger partial charge on any atom is -0.381 e. The maximum Gasteiger partial charge on any atom is 0.265 e. The number of nitrogens with zero attached hydrogens (tertiary/aromatic N) is 2. The van der Waals surface area contributed by atoms with E-state index in [0.29, 0.717) is 17.1 Å². The van der Waals surface area contributed by atoms with E-state index >= 15 is 0 Å². The molecule has 1 aliphatic heterocycles. The first-order valence-corrected chi connectivity index (χ1v) is 12.0. The van der Waals surface area contributed by atoms with Crippen LogP contribution in [0.1, 0.15) is 40.0 Å². The van der Waals surface area contributed by atoms with Crippen LogP contribution in [0.5, 0.6) is 0 Å². The van der Waals surface area contributed by atoms with Crippen LogP contribution in [0.4, 0.5) is 5.82 Å². The molecule has 3 rings (SSSR count). The SMILES string of the molecule is CC(C)(C)CCNc1cnc(-c2ccc(S(=O)(=O)C3(C(=O)NO)CCOCC3)cc2)cn1. The predicted molar refractivity (Wildman–Crippen MR) is 120 cm³/mol. The van der Waals surface area contributed by atoms with Gasteiger partial charge in [0.05, 0.1) is 23.0 Å². The van der Waals surface area contributed by atoms with Crippen LogP contribution in [-0.2, 0) is 19.4 Å². The second kappa shape index (κ2) is 9.51. The lowest BCUT2D eigenvalue weighted by Crippen LogP contribution is -2.54. The third-order valence-corrected chi connectivity index (χ3v) is 8.14. The van der Waals surface area contributed by atoms with E-state index in [2.05, 4.69) is 36.1 Å². The van der Waals surface area contributed by atoms with Crippen LogP contribution in [-0.4, -0.2) is 54.0 Å².